The topological polar surface area (TPSA) is 96.5 Å². The molecular formula is C28H28ClN5O3. The van der Waals surface area contributed by atoms with Gasteiger partial charge in [0.25, 0.3) is 5.91 Å². The van der Waals surface area contributed by atoms with E-state index in [1.54, 1.807) is 11.1 Å². The number of halogens is 1. The van der Waals surface area contributed by atoms with Gasteiger partial charge in [-0.2, -0.15) is 0 Å². The fourth-order valence-electron chi connectivity index (χ4n) is 5.42. The molecule has 1 aliphatic carbocycles. The standard InChI is InChI=1S/C28H28ClN5O3/c29-23-14-30-28(31-20-9-11-37-12-10-20)33-26(23)18-5-6-19-15-34(27(36)22(19)13-18)16-25(35)32-24-8-7-17-3-1-2-4-21(17)24/h1-6,13-14,20,24H,7-12,15-16H2,(H,32,35)(H,30,31,33). The predicted octanol–water partition coefficient (Wildman–Crippen LogP) is 4.15. The number of anilines is 1. The van der Waals surface area contributed by atoms with E-state index in [-0.39, 0.29) is 30.4 Å². The Labute approximate surface area is 220 Å². The highest BCUT2D eigenvalue weighted by atomic mass is 35.5. The van der Waals surface area contributed by atoms with Crippen molar-refractivity contribution < 1.29 is 14.3 Å². The van der Waals surface area contributed by atoms with Gasteiger partial charge < -0.3 is 20.3 Å². The van der Waals surface area contributed by atoms with Gasteiger partial charge in [0.1, 0.15) is 6.54 Å². The van der Waals surface area contributed by atoms with Crippen molar-refractivity contribution in [1.29, 1.82) is 0 Å². The van der Waals surface area contributed by atoms with Crippen molar-refractivity contribution in [2.24, 2.45) is 0 Å². The highest BCUT2D eigenvalue weighted by molar-refractivity contribution is 6.33. The molecule has 1 atom stereocenters. The van der Waals surface area contributed by atoms with E-state index in [2.05, 4.69) is 32.7 Å². The lowest BCUT2D eigenvalue weighted by Gasteiger charge is -2.23. The minimum atomic E-state index is -0.162. The molecule has 9 heteroatoms. The Balaban J connectivity index is 1.14. The number of fused-ring (bicyclic) bond motifs is 2. The van der Waals surface area contributed by atoms with E-state index >= 15 is 0 Å². The van der Waals surface area contributed by atoms with Crippen LogP contribution in [-0.2, 0) is 22.5 Å². The molecule has 3 aliphatic rings. The van der Waals surface area contributed by atoms with Gasteiger partial charge in [-0.15, -0.1) is 0 Å². The predicted molar refractivity (Wildman–Crippen MR) is 140 cm³/mol. The number of nitrogens with one attached hydrogen (secondary N) is 2. The van der Waals surface area contributed by atoms with Crippen LogP contribution in [0.2, 0.25) is 5.02 Å². The zero-order valence-corrected chi connectivity index (χ0v) is 21.1. The van der Waals surface area contributed by atoms with E-state index in [1.165, 1.54) is 11.1 Å². The summed E-state index contributed by atoms with van der Waals surface area (Å²) in [4.78, 5) is 36.6. The number of nitrogens with zero attached hydrogens (tertiary/aromatic N) is 3. The zero-order valence-electron chi connectivity index (χ0n) is 20.4. The minimum absolute atomic E-state index is 0.000712. The molecule has 1 saturated heterocycles. The first-order chi connectivity index (χ1) is 18.0. The molecule has 0 spiro atoms. The number of benzene rings is 2. The molecular weight excluding hydrogens is 490 g/mol. The van der Waals surface area contributed by atoms with Gasteiger partial charge in [-0.1, -0.05) is 48.0 Å². The molecule has 1 fully saturated rings. The van der Waals surface area contributed by atoms with Crippen LogP contribution in [0.3, 0.4) is 0 Å². The molecule has 190 valence electrons. The molecule has 0 bridgehead atoms. The van der Waals surface area contributed by atoms with Crippen LogP contribution in [0.4, 0.5) is 5.95 Å². The summed E-state index contributed by atoms with van der Waals surface area (Å²) < 4.78 is 5.42. The van der Waals surface area contributed by atoms with Gasteiger partial charge in [0.05, 0.1) is 23.0 Å². The Bertz CT molecular complexity index is 1360. The first-order valence-corrected chi connectivity index (χ1v) is 13.1. The average Bonchev–Trinajstić information content (AvgIpc) is 3.46. The van der Waals surface area contributed by atoms with Gasteiger partial charge in [-0.05, 0) is 48.4 Å². The van der Waals surface area contributed by atoms with Crippen LogP contribution in [0, 0.1) is 0 Å². The monoisotopic (exact) mass is 517 g/mol. The molecule has 1 unspecified atom stereocenters. The second-order valence-electron chi connectivity index (χ2n) is 9.81. The number of aromatic nitrogens is 2. The Hall–Kier alpha value is -3.49. The lowest BCUT2D eigenvalue weighted by Crippen LogP contribution is -2.38. The molecule has 0 saturated carbocycles. The van der Waals surface area contributed by atoms with Crippen LogP contribution in [0.25, 0.3) is 11.3 Å². The number of hydrogen-bond acceptors (Lipinski definition) is 6. The molecule has 8 nitrogen and oxygen atoms in total. The smallest absolute Gasteiger partial charge is 0.254 e. The van der Waals surface area contributed by atoms with Gasteiger partial charge in [0.15, 0.2) is 0 Å². The highest BCUT2D eigenvalue weighted by Gasteiger charge is 2.31. The minimum Gasteiger partial charge on any atom is -0.381 e. The summed E-state index contributed by atoms with van der Waals surface area (Å²) in [6.45, 7) is 1.85. The lowest BCUT2D eigenvalue weighted by atomic mass is 10.0. The van der Waals surface area contributed by atoms with Gasteiger partial charge in [0, 0.05) is 36.9 Å². The van der Waals surface area contributed by atoms with Crippen LogP contribution < -0.4 is 10.6 Å². The molecule has 1 aromatic heterocycles. The fourth-order valence-corrected chi connectivity index (χ4v) is 5.62. The van der Waals surface area contributed by atoms with Gasteiger partial charge in [-0.25, -0.2) is 9.97 Å². The first-order valence-electron chi connectivity index (χ1n) is 12.7. The second kappa shape index (κ2) is 10.1. The second-order valence-corrected chi connectivity index (χ2v) is 10.2. The maximum Gasteiger partial charge on any atom is 0.254 e. The Morgan fingerprint density at radius 1 is 1.11 bits per heavy atom. The van der Waals surface area contributed by atoms with E-state index in [0.29, 0.717) is 42.0 Å². The number of aryl methyl sites for hydroxylation is 1. The quantitative estimate of drug-likeness (QED) is 0.510. The highest BCUT2D eigenvalue weighted by Crippen LogP contribution is 2.33. The number of hydrogen-bond donors (Lipinski definition) is 2. The number of carbonyl (C=O) groups excluding carboxylic acids is 2. The Morgan fingerprint density at radius 3 is 2.81 bits per heavy atom. The zero-order chi connectivity index (χ0) is 25.4. The summed E-state index contributed by atoms with van der Waals surface area (Å²) in [5.41, 5.74) is 5.22. The van der Waals surface area contributed by atoms with Crippen LogP contribution in [0.1, 0.15) is 52.4 Å². The summed E-state index contributed by atoms with van der Waals surface area (Å²) in [6.07, 6.45) is 5.21. The molecule has 3 heterocycles. The third-order valence-corrected chi connectivity index (χ3v) is 7.64. The summed E-state index contributed by atoms with van der Waals surface area (Å²) in [5, 5.41) is 6.89. The lowest BCUT2D eigenvalue weighted by molar-refractivity contribution is -0.122. The molecule has 2 N–H and O–H groups in total. The fraction of sp³-hybridized carbons (Fsp3) is 0.357. The van der Waals surface area contributed by atoms with Crippen LogP contribution >= 0.6 is 11.6 Å². The largest absolute Gasteiger partial charge is 0.381 e. The number of amides is 2. The van der Waals surface area contributed by atoms with Crippen LogP contribution in [0.15, 0.2) is 48.7 Å². The molecule has 2 amide bonds. The van der Waals surface area contributed by atoms with E-state index < -0.39 is 0 Å². The maximum atomic E-state index is 13.2. The van der Waals surface area contributed by atoms with Crippen LogP contribution in [0.5, 0.6) is 0 Å². The van der Waals surface area contributed by atoms with Crippen molar-refractivity contribution in [3.63, 3.8) is 0 Å². The number of carbonyl (C=O) groups is 2. The summed E-state index contributed by atoms with van der Waals surface area (Å²) in [7, 11) is 0. The van der Waals surface area contributed by atoms with Crippen molar-refractivity contribution in [3.8, 4) is 11.3 Å². The number of rotatable bonds is 6. The van der Waals surface area contributed by atoms with E-state index in [1.807, 2.05) is 30.3 Å². The summed E-state index contributed by atoms with van der Waals surface area (Å²) in [6, 6.07) is 14.1. The summed E-state index contributed by atoms with van der Waals surface area (Å²) >= 11 is 6.45. The van der Waals surface area contributed by atoms with E-state index in [9.17, 15) is 9.59 Å². The Morgan fingerprint density at radius 2 is 1.95 bits per heavy atom. The average molecular weight is 518 g/mol. The van der Waals surface area contributed by atoms with Crippen molar-refractivity contribution in [2.75, 3.05) is 25.1 Å². The van der Waals surface area contributed by atoms with Gasteiger partial charge in [-0.3, -0.25) is 9.59 Å². The molecule has 37 heavy (non-hydrogen) atoms. The van der Waals surface area contributed by atoms with E-state index in [0.717, 1.165) is 36.8 Å². The maximum absolute atomic E-state index is 13.2. The SMILES string of the molecule is O=C(CN1Cc2ccc(-c3nc(NC4CCOCC4)ncc3Cl)cc2C1=O)NC1CCc2ccccc21. The van der Waals surface area contributed by atoms with Gasteiger partial charge >= 0.3 is 0 Å². The van der Waals surface area contributed by atoms with Gasteiger partial charge in [0.2, 0.25) is 11.9 Å². The first kappa shape index (κ1) is 23.9. The molecule has 0 radical (unpaired) electrons. The Kier molecular flexibility index (Phi) is 6.52. The van der Waals surface area contributed by atoms with Crippen molar-refractivity contribution in [1.82, 2.24) is 20.2 Å². The van der Waals surface area contributed by atoms with E-state index in [4.69, 9.17) is 16.3 Å². The van der Waals surface area contributed by atoms with Crippen molar-refractivity contribution >= 4 is 29.4 Å². The van der Waals surface area contributed by atoms with Crippen molar-refractivity contribution in [3.05, 3.63) is 75.9 Å². The molecule has 2 aliphatic heterocycles. The normalized spacial score (nSPS) is 19.0. The third-order valence-electron chi connectivity index (χ3n) is 7.36. The van der Waals surface area contributed by atoms with Crippen molar-refractivity contribution in [2.45, 2.75) is 44.3 Å². The number of ether oxygens (including phenoxy) is 1. The molecule has 3 aromatic rings. The third kappa shape index (κ3) is 4.91. The summed E-state index contributed by atoms with van der Waals surface area (Å²) in [5.74, 6) is 0.195. The van der Waals surface area contributed by atoms with Crippen LogP contribution in [-0.4, -0.2) is 52.5 Å². The molecule has 2 aromatic carbocycles. The molecule has 6 rings (SSSR count).